The molecule has 0 saturated heterocycles. The van der Waals surface area contributed by atoms with Crippen LogP contribution in [0.4, 0.5) is 5.69 Å². The summed E-state index contributed by atoms with van der Waals surface area (Å²) in [5.74, 6) is -0.0433. The normalized spacial score (nSPS) is 13.3. The number of hydrogen-bond acceptors (Lipinski definition) is 6. The smallest absolute Gasteiger partial charge is 0.286 e. The van der Waals surface area contributed by atoms with Crippen molar-refractivity contribution in [1.29, 1.82) is 0 Å². The van der Waals surface area contributed by atoms with Gasteiger partial charge in [0.2, 0.25) is 0 Å². The molecule has 0 radical (unpaired) electrons. The molecule has 1 amide bonds. The summed E-state index contributed by atoms with van der Waals surface area (Å²) in [6, 6.07) is 2.51. The fraction of sp³-hybridized carbons (Fsp3) is 0.400. The summed E-state index contributed by atoms with van der Waals surface area (Å²) in [4.78, 5) is 22.9. The largest absolute Gasteiger partial charge is 0.493 e. The number of nitro groups is 1. The number of hydrogen-bond donors (Lipinski definition) is 2. The van der Waals surface area contributed by atoms with Gasteiger partial charge in [-0.15, -0.1) is 12.4 Å². The van der Waals surface area contributed by atoms with Crippen LogP contribution in [0.25, 0.3) is 0 Å². The van der Waals surface area contributed by atoms with E-state index in [1.54, 1.807) is 0 Å². The maximum absolute atomic E-state index is 12.3. The van der Waals surface area contributed by atoms with Crippen LogP contribution < -0.4 is 20.1 Å². The van der Waals surface area contributed by atoms with Crippen LogP contribution in [0.1, 0.15) is 16.8 Å². The van der Waals surface area contributed by atoms with Crippen LogP contribution in [0.15, 0.2) is 23.8 Å². The van der Waals surface area contributed by atoms with Gasteiger partial charge in [0.25, 0.3) is 11.6 Å². The first-order valence-corrected chi connectivity index (χ1v) is 7.14. The second-order valence-corrected chi connectivity index (χ2v) is 4.98. The Kier molecular flexibility index (Phi) is 7.47. The van der Waals surface area contributed by atoms with Crippen LogP contribution in [-0.2, 0) is 0 Å². The van der Waals surface area contributed by atoms with Crippen molar-refractivity contribution in [2.24, 2.45) is 0 Å². The average Bonchev–Trinajstić information content (AvgIpc) is 2.59. The van der Waals surface area contributed by atoms with Gasteiger partial charge in [0.15, 0.2) is 11.5 Å². The highest BCUT2D eigenvalue weighted by Crippen LogP contribution is 2.34. The molecule has 0 saturated carbocycles. The average molecular weight is 358 g/mol. The third kappa shape index (κ3) is 4.59. The number of carbonyl (C=O) groups excluding carboxylic acids is 1. The van der Waals surface area contributed by atoms with E-state index in [1.807, 2.05) is 6.08 Å². The van der Waals surface area contributed by atoms with Crippen molar-refractivity contribution in [3.8, 4) is 11.5 Å². The Labute approximate surface area is 145 Å². The van der Waals surface area contributed by atoms with Crippen molar-refractivity contribution in [3.63, 3.8) is 0 Å². The van der Waals surface area contributed by atoms with E-state index in [9.17, 15) is 14.9 Å². The van der Waals surface area contributed by atoms with E-state index in [1.165, 1.54) is 26.4 Å². The number of carbonyl (C=O) groups is 1. The molecule has 1 aliphatic heterocycles. The first-order chi connectivity index (χ1) is 11.1. The Morgan fingerprint density at radius 1 is 1.33 bits per heavy atom. The summed E-state index contributed by atoms with van der Waals surface area (Å²) in [6.07, 6.45) is 2.85. The summed E-state index contributed by atoms with van der Waals surface area (Å²) < 4.78 is 10.1. The molecule has 0 atom stereocenters. The number of rotatable bonds is 6. The summed E-state index contributed by atoms with van der Waals surface area (Å²) in [5.41, 5.74) is 0.724. The van der Waals surface area contributed by atoms with Crippen molar-refractivity contribution in [2.75, 3.05) is 33.9 Å². The fourth-order valence-corrected chi connectivity index (χ4v) is 2.32. The molecular formula is C15H20ClN3O5. The van der Waals surface area contributed by atoms with E-state index in [4.69, 9.17) is 9.47 Å². The number of amides is 1. The number of ether oxygens (including phenoxy) is 2. The number of methoxy groups -OCH3 is 2. The number of halogens is 1. The Balaban J connectivity index is 0.00000288. The van der Waals surface area contributed by atoms with Crippen LogP contribution in [0.2, 0.25) is 0 Å². The lowest BCUT2D eigenvalue weighted by Gasteiger charge is -2.15. The molecule has 0 aromatic heterocycles. The van der Waals surface area contributed by atoms with Gasteiger partial charge in [0.05, 0.1) is 25.2 Å². The van der Waals surface area contributed by atoms with Crippen molar-refractivity contribution >= 4 is 24.0 Å². The zero-order valence-corrected chi connectivity index (χ0v) is 14.3. The van der Waals surface area contributed by atoms with Gasteiger partial charge in [-0.2, -0.15) is 0 Å². The molecule has 132 valence electrons. The predicted molar refractivity (Wildman–Crippen MR) is 91.4 cm³/mol. The molecule has 1 heterocycles. The molecule has 8 nitrogen and oxygen atoms in total. The van der Waals surface area contributed by atoms with Gasteiger partial charge in [-0.1, -0.05) is 11.6 Å². The Hall–Kier alpha value is -2.32. The standard InChI is InChI=1S/C15H19N3O5.ClH/c1-22-13-7-11(12(18(20)21)8-14(13)23-2)15(19)17-9-10-3-5-16-6-4-10;/h3,7-8,16H,4-6,9H2,1-2H3,(H,17,19);1H. The van der Waals surface area contributed by atoms with Crippen LogP contribution in [0.5, 0.6) is 11.5 Å². The topological polar surface area (TPSA) is 103 Å². The Morgan fingerprint density at radius 3 is 2.54 bits per heavy atom. The van der Waals surface area contributed by atoms with Gasteiger partial charge in [-0.05, 0) is 13.0 Å². The maximum atomic E-state index is 12.3. The van der Waals surface area contributed by atoms with Crippen LogP contribution in [0, 0.1) is 10.1 Å². The molecule has 0 spiro atoms. The molecule has 24 heavy (non-hydrogen) atoms. The molecule has 1 aromatic carbocycles. The second-order valence-electron chi connectivity index (χ2n) is 4.98. The molecular weight excluding hydrogens is 338 g/mol. The minimum absolute atomic E-state index is 0. The SMILES string of the molecule is COc1cc(C(=O)NCC2=CCNCC2)c([N+](=O)[O-])cc1OC.Cl. The molecule has 0 aliphatic carbocycles. The molecule has 1 aliphatic rings. The minimum Gasteiger partial charge on any atom is -0.493 e. The molecule has 0 fully saturated rings. The predicted octanol–water partition coefficient (Wildman–Crippen LogP) is 1.68. The molecule has 2 rings (SSSR count). The van der Waals surface area contributed by atoms with Gasteiger partial charge in [0.1, 0.15) is 5.56 Å². The number of nitrogens with zero attached hydrogens (tertiary/aromatic N) is 1. The van der Waals surface area contributed by atoms with Gasteiger partial charge >= 0.3 is 0 Å². The van der Waals surface area contributed by atoms with E-state index in [0.29, 0.717) is 6.54 Å². The first-order valence-electron chi connectivity index (χ1n) is 7.14. The summed E-state index contributed by atoms with van der Waals surface area (Å²) in [5, 5.41) is 17.1. The zero-order chi connectivity index (χ0) is 16.8. The van der Waals surface area contributed by atoms with Crippen molar-refractivity contribution in [1.82, 2.24) is 10.6 Å². The highest BCUT2D eigenvalue weighted by atomic mass is 35.5. The number of benzene rings is 1. The first kappa shape index (κ1) is 19.7. The molecule has 1 aromatic rings. The second kappa shape index (κ2) is 9.09. The minimum atomic E-state index is -0.610. The van der Waals surface area contributed by atoms with E-state index < -0.39 is 10.8 Å². The highest BCUT2D eigenvalue weighted by molar-refractivity contribution is 5.99. The summed E-state index contributed by atoms with van der Waals surface area (Å²) in [7, 11) is 2.79. The van der Waals surface area contributed by atoms with Crippen molar-refractivity contribution < 1.29 is 19.2 Å². The van der Waals surface area contributed by atoms with Crippen molar-refractivity contribution in [2.45, 2.75) is 6.42 Å². The van der Waals surface area contributed by atoms with E-state index in [2.05, 4.69) is 10.6 Å². The lowest BCUT2D eigenvalue weighted by Crippen LogP contribution is -2.30. The van der Waals surface area contributed by atoms with Gasteiger partial charge in [-0.25, -0.2) is 0 Å². The van der Waals surface area contributed by atoms with Crippen LogP contribution in [-0.4, -0.2) is 44.7 Å². The fourth-order valence-electron chi connectivity index (χ4n) is 2.32. The lowest BCUT2D eigenvalue weighted by molar-refractivity contribution is -0.385. The third-order valence-corrected chi connectivity index (χ3v) is 3.58. The van der Waals surface area contributed by atoms with Crippen LogP contribution in [0.3, 0.4) is 0 Å². The van der Waals surface area contributed by atoms with E-state index in [-0.39, 0.29) is 35.2 Å². The summed E-state index contributed by atoms with van der Waals surface area (Å²) in [6.45, 7) is 1.99. The lowest BCUT2D eigenvalue weighted by atomic mass is 10.1. The zero-order valence-electron chi connectivity index (χ0n) is 13.5. The molecule has 0 bridgehead atoms. The molecule has 2 N–H and O–H groups in total. The monoisotopic (exact) mass is 357 g/mol. The molecule has 9 heteroatoms. The van der Waals surface area contributed by atoms with Gasteiger partial charge in [0, 0.05) is 19.2 Å². The molecule has 0 unspecified atom stereocenters. The Bertz CT molecular complexity index is 648. The quantitative estimate of drug-likeness (QED) is 0.456. The van der Waals surface area contributed by atoms with Crippen LogP contribution >= 0.6 is 12.4 Å². The number of nitro benzene ring substituents is 1. The van der Waals surface area contributed by atoms with E-state index in [0.717, 1.165) is 25.1 Å². The van der Waals surface area contributed by atoms with Crippen molar-refractivity contribution in [3.05, 3.63) is 39.5 Å². The van der Waals surface area contributed by atoms with Gasteiger partial charge < -0.3 is 20.1 Å². The summed E-state index contributed by atoms with van der Waals surface area (Å²) >= 11 is 0. The third-order valence-electron chi connectivity index (χ3n) is 3.58. The van der Waals surface area contributed by atoms with E-state index >= 15 is 0 Å². The Morgan fingerprint density at radius 2 is 2.00 bits per heavy atom. The highest BCUT2D eigenvalue weighted by Gasteiger charge is 2.24. The number of nitrogens with one attached hydrogen (secondary N) is 2. The maximum Gasteiger partial charge on any atom is 0.286 e. The van der Waals surface area contributed by atoms with Gasteiger partial charge in [-0.3, -0.25) is 14.9 Å².